The molecule has 0 amide bonds. The molecule has 0 aliphatic rings. The van der Waals surface area contributed by atoms with E-state index in [0.717, 1.165) is 22.7 Å². The summed E-state index contributed by atoms with van der Waals surface area (Å²) in [6, 6.07) is 8.20. The second-order valence-electron chi connectivity index (χ2n) is 4.24. The number of hydrogen-bond acceptors (Lipinski definition) is 3. The molecule has 108 valence electrons. The Bertz CT molecular complexity index is 563. The number of halogens is 1. The van der Waals surface area contributed by atoms with Crippen LogP contribution in [-0.4, -0.2) is 10.9 Å². The molecule has 1 aromatic heterocycles. The third kappa shape index (κ3) is 4.75. The molecule has 0 radical (unpaired) electrons. The van der Waals surface area contributed by atoms with E-state index in [1.165, 1.54) is 5.56 Å². The quantitative estimate of drug-likeness (QED) is 0.467. The second-order valence-corrected chi connectivity index (χ2v) is 5.18. The van der Waals surface area contributed by atoms with E-state index in [4.69, 9.17) is 5.73 Å². The molecule has 2 aromatic rings. The normalized spacial score (nSPS) is 11.0. The molecule has 0 unspecified atom stereocenters. The Balaban J connectivity index is 0.00000200. The van der Waals surface area contributed by atoms with Crippen LogP contribution in [-0.2, 0) is 13.0 Å². The average molecular weight is 402 g/mol. The Morgan fingerprint density at radius 3 is 2.60 bits per heavy atom. The lowest BCUT2D eigenvalue weighted by Crippen LogP contribution is -2.22. The maximum atomic E-state index is 5.87. The van der Waals surface area contributed by atoms with Gasteiger partial charge in [0, 0.05) is 10.6 Å². The van der Waals surface area contributed by atoms with Crippen molar-refractivity contribution in [2.45, 2.75) is 26.8 Å². The number of aliphatic imine (C=N–C) groups is 1. The molecule has 0 aliphatic heterocycles. The summed E-state index contributed by atoms with van der Waals surface area (Å²) in [6.45, 7) is 4.69. The van der Waals surface area contributed by atoms with Gasteiger partial charge in [-0.2, -0.15) is 0 Å². The fourth-order valence-corrected chi connectivity index (χ4v) is 2.35. The van der Waals surface area contributed by atoms with Gasteiger partial charge in [-0.25, -0.2) is 9.98 Å². The van der Waals surface area contributed by atoms with Crippen molar-refractivity contribution in [2.75, 3.05) is 5.32 Å². The van der Waals surface area contributed by atoms with Crippen LogP contribution in [0.4, 0.5) is 5.69 Å². The van der Waals surface area contributed by atoms with Crippen LogP contribution in [0.1, 0.15) is 23.1 Å². The first kappa shape index (κ1) is 16.9. The highest BCUT2D eigenvalue weighted by Crippen LogP contribution is 2.13. The third-order valence-corrected chi connectivity index (χ3v) is 3.79. The van der Waals surface area contributed by atoms with Gasteiger partial charge in [-0.15, -0.1) is 35.3 Å². The lowest BCUT2D eigenvalue weighted by molar-refractivity contribution is 1.05. The number of nitrogens with two attached hydrogens (primary N) is 1. The van der Waals surface area contributed by atoms with Crippen LogP contribution in [0.5, 0.6) is 0 Å². The standard InChI is InChI=1S/C14H18N4S.HI/c1-3-11-4-6-12(7-5-11)18-14(15)16-8-13-10(2)17-9-19-13;/h4-7,9H,3,8H2,1-2H3,(H3,15,16,18);1H. The number of aromatic nitrogens is 1. The zero-order valence-electron chi connectivity index (χ0n) is 11.6. The van der Waals surface area contributed by atoms with Crippen LogP contribution in [0.15, 0.2) is 34.8 Å². The number of aryl methyl sites for hydroxylation is 2. The summed E-state index contributed by atoms with van der Waals surface area (Å²) >= 11 is 1.60. The molecule has 0 atom stereocenters. The predicted molar refractivity (Wildman–Crippen MR) is 97.0 cm³/mol. The summed E-state index contributed by atoms with van der Waals surface area (Å²) < 4.78 is 0. The molecule has 0 saturated heterocycles. The largest absolute Gasteiger partial charge is 0.370 e. The molecule has 0 saturated carbocycles. The SMILES string of the molecule is CCc1ccc(NC(N)=NCc2scnc2C)cc1.I. The molecule has 1 heterocycles. The highest BCUT2D eigenvalue weighted by atomic mass is 127. The van der Waals surface area contributed by atoms with E-state index in [-0.39, 0.29) is 24.0 Å². The topological polar surface area (TPSA) is 63.3 Å². The van der Waals surface area contributed by atoms with Gasteiger partial charge in [0.2, 0.25) is 0 Å². The van der Waals surface area contributed by atoms with Crippen LogP contribution in [0, 0.1) is 6.92 Å². The predicted octanol–water partition coefficient (Wildman–Crippen LogP) is 3.56. The zero-order valence-corrected chi connectivity index (χ0v) is 14.7. The van der Waals surface area contributed by atoms with Crippen molar-refractivity contribution in [1.82, 2.24) is 4.98 Å². The summed E-state index contributed by atoms with van der Waals surface area (Å²) in [5, 5.41) is 3.09. The first-order valence-corrected chi connectivity index (χ1v) is 7.12. The highest BCUT2D eigenvalue weighted by molar-refractivity contribution is 14.0. The van der Waals surface area contributed by atoms with E-state index in [9.17, 15) is 0 Å². The first-order chi connectivity index (χ1) is 9.19. The highest BCUT2D eigenvalue weighted by Gasteiger charge is 2.00. The van der Waals surface area contributed by atoms with Gasteiger partial charge >= 0.3 is 0 Å². The van der Waals surface area contributed by atoms with E-state index in [2.05, 4.69) is 34.3 Å². The Kier molecular flexibility index (Phi) is 6.94. The van der Waals surface area contributed by atoms with Gasteiger partial charge < -0.3 is 11.1 Å². The molecule has 0 spiro atoms. The fourth-order valence-electron chi connectivity index (χ4n) is 1.65. The van der Waals surface area contributed by atoms with Crippen LogP contribution in [0.2, 0.25) is 0 Å². The molecule has 1 aromatic carbocycles. The minimum absolute atomic E-state index is 0. The van der Waals surface area contributed by atoms with E-state index in [1.54, 1.807) is 11.3 Å². The molecule has 0 fully saturated rings. The second kappa shape index (κ2) is 8.21. The first-order valence-electron chi connectivity index (χ1n) is 6.24. The number of guanidine groups is 1. The van der Waals surface area contributed by atoms with E-state index in [1.807, 2.05) is 24.6 Å². The maximum absolute atomic E-state index is 5.87. The molecular weight excluding hydrogens is 383 g/mol. The zero-order chi connectivity index (χ0) is 13.7. The Morgan fingerprint density at radius 2 is 2.05 bits per heavy atom. The fraction of sp³-hybridized carbons (Fsp3) is 0.286. The molecule has 6 heteroatoms. The summed E-state index contributed by atoms with van der Waals surface area (Å²) in [6.07, 6.45) is 1.04. The number of nitrogens with one attached hydrogen (secondary N) is 1. The van der Waals surface area contributed by atoms with Crippen LogP contribution >= 0.6 is 35.3 Å². The number of benzene rings is 1. The number of nitrogens with zero attached hydrogens (tertiary/aromatic N) is 2. The summed E-state index contributed by atoms with van der Waals surface area (Å²) in [5.41, 5.74) is 11.0. The van der Waals surface area contributed by atoms with Gasteiger partial charge in [-0.1, -0.05) is 19.1 Å². The molecule has 20 heavy (non-hydrogen) atoms. The number of anilines is 1. The van der Waals surface area contributed by atoms with Gasteiger partial charge in [-0.3, -0.25) is 0 Å². The van der Waals surface area contributed by atoms with Crippen LogP contribution < -0.4 is 11.1 Å². The van der Waals surface area contributed by atoms with Gasteiger partial charge in [0.1, 0.15) is 0 Å². The van der Waals surface area contributed by atoms with Crippen molar-refractivity contribution in [3.63, 3.8) is 0 Å². The van der Waals surface area contributed by atoms with E-state index < -0.39 is 0 Å². The number of thiazole rings is 1. The van der Waals surface area contributed by atoms with E-state index >= 15 is 0 Å². The van der Waals surface area contributed by atoms with Crippen molar-refractivity contribution < 1.29 is 0 Å². The summed E-state index contributed by atoms with van der Waals surface area (Å²) in [7, 11) is 0. The molecule has 4 nitrogen and oxygen atoms in total. The minimum Gasteiger partial charge on any atom is -0.370 e. The molecule has 0 bridgehead atoms. The third-order valence-electron chi connectivity index (χ3n) is 2.87. The smallest absolute Gasteiger partial charge is 0.193 e. The summed E-state index contributed by atoms with van der Waals surface area (Å²) in [4.78, 5) is 9.65. The van der Waals surface area contributed by atoms with Crippen molar-refractivity contribution in [2.24, 2.45) is 10.7 Å². The van der Waals surface area contributed by atoms with Crippen molar-refractivity contribution in [3.8, 4) is 0 Å². The molecule has 2 rings (SSSR count). The van der Waals surface area contributed by atoms with Gasteiger partial charge in [0.25, 0.3) is 0 Å². The monoisotopic (exact) mass is 402 g/mol. The molecule has 3 N–H and O–H groups in total. The summed E-state index contributed by atoms with van der Waals surface area (Å²) in [5.74, 6) is 0.428. The minimum atomic E-state index is 0. The van der Waals surface area contributed by atoms with Gasteiger partial charge in [-0.05, 0) is 31.0 Å². The van der Waals surface area contributed by atoms with Crippen LogP contribution in [0.25, 0.3) is 0 Å². The van der Waals surface area contributed by atoms with Gasteiger partial charge in [0.15, 0.2) is 5.96 Å². The Labute approximate surface area is 140 Å². The van der Waals surface area contributed by atoms with Crippen molar-refractivity contribution >= 4 is 47.0 Å². The average Bonchev–Trinajstić information content (AvgIpc) is 2.83. The number of rotatable bonds is 4. The maximum Gasteiger partial charge on any atom is 0.193 e. The Morgan fingerprint density at radius 1 is 1.35 bits per heavy atom. The van der Waals surface area contributed by atoms with Gasteiger partial charge in [0.05, 0.1) is 17.7 Å². The van der Waals surface area contributed by atoms with Crippen LogP contribution in [0.3, 0.4) is 0 Å². The van der Waals surface area contributed by atoms with Crippen molar-refractivity contribution in [3.05, 3.63) is 45.9 Å². The molecular formula is C14H19IN4S. The lowest BCUT2D eigenvalue weighted by atomic mass is 10.1. The van der Waals surface area contributed by atoms with E-state index in [0.29, 0.717) is 12.5 Å². The molecule has 0 aliphatic carbocycles. The lowest BCUT2D eigenvalue weighted by Gasteiger charge is -2.06. The van der Waals surface area contributed by atoms with Crippen molar-refractivity contribution in [1.29, 1.82) is 0 Å². The Hall–Kier alpha value is -1.15. The number of hydrogen-bond donors (Lipinski definition) is 2.